The molecule has 3 rings (SSSR count). The zero-order chi connectivity index (χ0) is 22.6. The smallest absolute Gasteiger partial charge is 0.335 e. The van der Waals surface area contributed by atoms with Crippen molar-refractivity contribution in [3.05, 3.63) is 64.2 Å². The number of fused-ring (bicyclic) bond motifs is 1. The predicted molar refractivity (Wildman–Crippen MR) is 128 cm³/mol. The topological polar surface area (TPSA) is 46.5 Å². The fourth-order valence-electron chi connectivity index (χ4n) is 4.08. The molecule has 0 saturated carbocycles. The van der Waals surface area contributed by atoms with E-state index in [4.69, 9.17) is 9.84 Å². The van der Waals surface area contributed by atoms with Gasteiger partial charge in [0.25, 0.3) is 0 Å². The molecule has 1 aliphatic rings. The van der Waals surface area contributed by atoms with E-state index < -0.39 is 5.97 Å². The van der Waals surface area contributed by atoms with Crippen molar-refractivity contribution in [2.45, 2.75) is 64.7 Å². The summed E-state index contributed by atoms with van der Waals surface area (Å²) in [5, 5.41) is 9.10. The van der Waals surface area contributed by atoms with Crippen LogP contribution in [-0.4, -0.2) is 17.7 Å². The fourth-order valence-corrected chi connectivity index (χ4v) is 4.08. The minimum Gasteiger partial charge on any atom is -0.480 e. The second-order valence-electron chi connectivity index (χ2n) is 9.46. The Hall–Kier alpha value is -2.99. The van der Waals surface area contributed by atoms with Crippen molar-refractivity contribution in [1.82, 2.24) is 0 Å². The highest BCUT2D eigenvalue weighted by atomic mass is 16.5. The van der Waals surface area contributed by atoms with E-state index in [1.54, 1.807) is 12.1 Å². The molecule has 0 atom stereocenters. The minimum absolute atomic E-state index is 0.104. The second kappa shape index (κ2) is 9.02. The van der Waals surface area contributed by atoms with Crippen LogP contribution in [0.2, 0.25) is 0 Å². The number of carboxylic acids is 1. The Morgan fingerprint density at radius 1 is 1.00 bits per heavy atom. The molecule has 31 heavy (non-hydrogen) atoms. The molecule has 0 heterocycles. The van der Waals surface area contributed by atoms with E-state index in [1.165, 1.54) is 11.1 Å². The fraction of sp³-hybridized carbons (Fsp3) is 0.393. The SMILES string of the molecule is CCC#CCOc1cc2c(cc1C=Cc1ccc(C(=O)O)cc1)C(C)(C)CCC2(C)C. The Morgan fingerprint density at radius 2 is 1.61 bits per heavy atom. The lowest BCUT2D eigenvalue weighted by molar-refractivity contribution is 0.0697. The molecule has 0 aliphatic heterocycles. The van der Waals surface area contributed by atoms with Crippen molar-refractivity contribution in [3.63, 3.8) is 0 Å². The van der Waals surface area contributed by atoms with Gasteiger partial charge in [0.2, 0.25) is 0 Å². The summed E-state index contributed by atoms with van der Waals surface area (Å²) in [4.78, 5) is 11.1. The first kappa shape index (κ1) is 22.7. The third kappa shape index (κ3) is 5.20. The molecule has 162 valence electrons. The van der Waals surface area contributed by atoms with E-state index in [0.29, 0.717) is 6.61 Å². The highest BCUT2D eigenvalue weighted by Crippen LogP contribution is 2.47. The van der Waals surface area contributed by atoms with Gasteiger partial charge in [-0.25, -0.2) is 4.79 Å². The molecule has 0 aromatic heterocycles. The highest BCUT2D eigenvalue weighted by Gasteiger charge is 2.37. The van der Waals surface area contributed by atoms with Crippen LogP contribution in [0.25, 0.3) is 12.2 Å². The Kier molecular flexibility index (Phi) is 6.60. The molecule has 0 saturated heterocycles. The summed E-state index contributed by atoms with van der Waals surface area (Å²) in [6, 6.07) is 11.4. The monoisotopic (exact) mass is 416 g/mol. The van der Waals surface area contributed by atoms with Crippen molar-refractivity contribution in [1.29, 1.82) is 0 Å². The van der Waals surface area contributed by atoms with Gasteiger partial charge in [-0.1, -0.05) is 64.8 Å². The van der Waals surface area contributed by atoms with Gasteiger partial charge in [-0.3, -0.25) is 0 Å². The van der Waals surface area contributed by atoms with Crippen LogP contribution in [0.15, 0.2) is 36.4 Å². The maximum atomic E-state index is 11.1. The van der Waals surface area contributed by atoms with Gasteiger partial charge >= 0.3 is 5.97 Å². The summed E-state index contributed by atoms with van der Waals surface area (Å²) in [5.41, 5.74) is 5.18. The van der Waals surface area contributed by atoms with Crippen LogP contribution in [-0.2, 0) is 10.8 Å². The maximum absolute atomic E-state index is 11.1. The zero-order valence-electron chi connectivity index (χ0n) is 19.2. The molecule has 2 aromatic carbocycles. The third-order valence-corrected chi connectivity index (χ3v) is 6.20. The molecule has 3 nitrogen and oxygen atoms in total. The quantitative estimate of drug-likeness (QED) is 0.436. The summed E-state index contributed by atoms with van der Waals surface area (Å²) >= 11 is 0. The summed E-state index contributed by atoms with van der Waals surface area (Å²) < 4.78 is 6.10. The number of rotatable bonds is 5. The molecular weight excluding hydrogens is 384 g/mol. The number of aromatic carboxylic acids is 1. The van der Waals surface area contributed by atoms with E-state index >= 15 is 0 Å². The Balaban J connectivity index is 2.02. The van der Waals surface area contributed by atoms with Crippen LogP contribution in [0.4, 0.5) is 0 Å². The average Bonchev–Trinajstić information content (AvgIpc) is 2.73. The largest absolute Gasteiger partial charge is 0.480 e. The van der Waals surface area contributed by atoms with Gasteiger partial charge in [0.15, 0.2) is 0 Å². The molecule has 0 fully saturated rings. The van der Waals surface area contributed by atoms with Crippen molar-refractivity contribution < 1.29 is 14.6 Å². The highest BCUT2D eigenvalue weighted by molar-refractivity contribution is 5.88. The second-order valence-corrected chi connectivity index (χ2v) is 9.46. The molecule has 0 amide bonds. The molecule has 0 bridgehead atoms. The zero-order valence-corrected chi connectivity index (χ0v) is 19.2. The van der Waals surface area contributed by atoms with Gasteiger partial charge in [0.05, 0.1) is 5.56 Å². The summed E-state index contributed by atoms with van der Waals surface area (Å²) in [6.07, 6.45) is 7.16. The van der Waals surface area contributed by atoms with Gasteiger partial charge in [0, 0.05) is 12.0 Å². The first-order valence-corrected chi connectivity index (χ1v) is 10.9. The molecule has 1 aliphatic carbocycles. The first-order valence-electron chi connectivity index (χ1n) is 10.9. The van der Waals surface area contributed by atoms with Crippen molar-refractivity contribution in [3.8, 4) is 17.6 Å². The first-order chi connectivity index (χ1) is 14.6. The normalized spacial score (nSPS) is 16.3. The Bertz CT molecular complexity index is 1040. The van der Waals surface area contributed by atoms with E-state index in [1.807, 2.05) is 25.1 Å². The van der Waals surface area contributed by atoms with E-state index in [9.17, 15) is 4.79 Å². The van der Waals surface area contributed by atoms with Gasteiger partial charge in [-0.05, 0) is 64.6 Å². The molecule has 1 N–H and O–H groups in total. The standard InChI is InChI=1S/C28H32O3/c1-6-7-8-17-31-25-19-24-23(27(2,3)15-16-28(24,4)5)18-22(25)14-11-20-9-12-21(13-10-20)26(29)30/h9-14,18-19H,6,15-17H2,1-5H3,(H,29,30). The molecule has 0 radical (unpaired) electrons. The number of hydrogen-bond acceptors (Lipinski definition) is 2. The molecular formula is C28H32O3. The number of carbonyl (C=O) groups is 1. The van der Waals surface area contributed by atoms with Crippen LogP contribution >= 0.6 is 0 Å². The van der Waals surface area contributed by atoms with Crippen LogP contribution in [0.3, 0.4) is 0 Å². The lowest BCUT2D eigenvalue weighted by Crippen LogP contribution is -2.34. The molecule has 0 unspecified atom stereocenters. The van der Waals surface area contributed by atoms with Crippen molar-refractivity contribution in [2.24, 2.45) is 0 Å². The van der Waals surface area contributed by atoms with E-state index in [-0.39, 0.29) is 16.4 Å². The van der Waals surface area contributed by atoms with Crippen LogP contribution in [0, 0.1) is 11.8 Å². The molecule has 2 aromatic rings. The summed E-state index contributed by atoms with van der Waals surface area (Å²) in [6.45, 7) is 11.6. The summed E-state index contributed by atoms with van der Waals surface area (Å²) in [7, 11) is 0. The lowest BCUT2D eigenvalue weighted by atomic mass is 9.63. The van der Waals surface area contributed by atoms with Gasteiger partial charge in [-0.2, -0.15) is 0 Å². The van der Waals surface area contributed by atoms with E-state index in [0.717, 1.165) is 36.1 Å². The number of hydrogen-bond donors (Lipinski definition) is 1. The number of ether oxygens (including phenoxy) is 1. The van der Waals surface area contributed by atoms with Gasteiger partial charge < -0.3 is 9.84 Å². The lowest BCUT2D eigenvalue weighted by Gasteiger charge is -2.42. The van der Waals surface area contributed by atoms with Crippen molar-refractivity contribution >= 4 is 18.1 Å². The molecule has 3 heteroatoms. The third-order valence-electron chi connectivity index (χ3n) is 6.20. The van der Waals surface area contributed by atoms with Crippen LogP contribution < -0.4 is 4.74 Å². The Labute approximate surface area is 186 Å². The van der Waals surface area contributed by atoms with Gasteiger partial charge in [0.1, 0.15) is 12.4 Å². The molecule has 0 spiro atoms. The predicted octanol–water partition coefficient (Wildman–Crippen LogP) is 6.70. The minimum atomic E-state index is -0.918. The Morgan fingerprint density at radius 3 is 2.19 bits per heavy atom. The van der Waals surface area contributed by atoms with E-state index in [2.05, 4.69) is 57.7 Å². The maximum Gasteiger partial charge on any atom is 0.335 e. The van der Waals surface area contributed by atoms with Gasteiger partial charge in [-0.15, -0.1) is 5.92 Å². The van der Waals surface area contributed by atoms with Crippen molar-refractivity contribution in [2.75, 3.05) is 6.61 Å². The average molecular weight is 417 g/mol. The van der Waals surface area contributed by atoms with Crippen LogP contribution in [0.5, 0.6) is 5.75 Å². The number of carboxylic acid groups (broad SMARTS) is 1. The number of benzene rings is 2. The van der Waals surface area contributed by atoms with Crippen LogP contribution in [0.1, 0.15) is 86.5 Å². The summed E-state index contributed by atoms with van der Waals surface area (Å²) in [5.74, 6) is 6.05.